The number of alkyl halides is 3. The van der Waals surface area contributed by atoms with Crippen LogP contribution in [0.15, 0.2) is 52.3 Å². The molecule has 0 aliphatic carbocycles. The van der Waals surface area contributed by atoms with Crippen LogP contribution >= 0.6 is 0 Å². The SMILES string of the molecule is CC(C)(C)c1cc(/C=C(\C#N)S(=O)(=O)c2ccc(C(F)(F)F)cc2)ccc1O. The minimum atomic E-state index is -4.59. The summed E-state index contributed by atoms with van der Waals surface area (Å²) in [5, 5.41) is 19.3. The molecule has 2 aromatic carbocycles. The van der Waals surface area contributed by atoms with E-state index in [0.29, 0.717) is 23.3 Å². The fourth-order valence-electron chi connectivity index (χ4n) is 2.52. The standard InChI is InChI=1S/C20H18F3NO3S/c1-19(2,3)17-11-13(4-9-18(17)25)10-16(12-24)28(26,27)15-7-5-14(6-8-15)20(21,22)23/h4-11,25H,1-3H3/b16-10+. The van der Waals surface area contributed by atoms with Gasteiger partial charge in [-0.05, 0) is 59.0 Å². The van der Waals surface area contributed by atoms with Gasteiger partial charge in [0.2, 0.25) is 9.84 Å². The average molecular weight is 409 g/mol. The molecule has 2 rings (SSSR count). The van der Waals surface area contributed by atoms with Gasteiger partial charge in [0.05, 0.1) is 10.5 Å². The maximum Gasteiger partial charge on any atom is 0.416 e. The van der Waals surface area contributed by atoms with Crippen molar-refractivity contribution in [2.45, 2.75) is 37.3 Å². The van der Waals surface area contributed by atoms with E-state index in [0.717, 1.165) is 18.2 Å². The lowest BCUT2D eigenvalue weighted by Crippen LogP contribution is -2.11. The normalized spacial score (nSPS) is 13.2. The summed E-state index contributed by atoms with van der Waals surface area (Å²) >= 11 is 0. The number of hydrogen-bond acceptors (Lipinski definition) is 4. The maximum atomic E-state index is 12.7. The minimum Gasteiger partial charge on any atom is -0.508 e. The lowest BCUT2D eigenvalue weighted by atomic mass is 9.85. The van der Waals surface area contributed by atoms with Crippen LogP contribution in [0.2, 0.25) is 0 Å². The molecule has 0 aliphatic heterocycles. The van der Waals surface area contributed by atoms with Crippen LogP contribution in [0.25, 0.3) is 6.08 Å². The van der Waals surface area contributed by atoms with E-state index >= 15 is 0 Å². The number of aromatic hydroxyl groups is 1. The van der Waals surface area contributed by atoms with Crippen LogP contribution in [-0.2, 0) is 21.4 Å². The number of hydrogen-bond donors (Lipinski definition) is 1. The third-order valence-electron chi connectivity index (χ3n) is 4.02. The molecule has 0 bridgehead atoms. The Morgan fingerprint density at radius 3 is 2.11 bits per heavy atom. The monoisotopic (exact) mass is 409 g/mol. The van der Waals surface area contributed by atoms with Gasteiger partial charge >= 0.3 is 6.18 Å². The molecule has 148 valence electrons. The Labute approximate surface area is 161 Å². The van der Waals surface area contributed by atoms with Gasteiger partial charge in [0.1, 0.15) is 16.7 Å². The summed E-state index contributed by atoms with van der Waals surface area (Å²) in [6.45, 7) is 5.58. The van der Waals surface area contributed by atoms with Crippen molar-refractivity contribution in [3.63, 3.8) is 0 Å². The zero-order valence-electron chi connectivity index (χ0n) is 15.4. The number of halogens is 3. The van der Waals surface area contributed by atoms with Crippen LogP contribution in [0.1, 0.15) is 37.5 Å². The summed E-state index contributed by atoms with van der Waals surface area (Å²) in [5.74, 6) is 0.0359. The van der Waals surface area contributed by atoms with Crippen LogP contribution in [-0.4, -0.2) is 13.5 Å². The lowest BCUT2D eigenvalue weighted by Gasteiger charge is -2.20. The number of phenolic OH excluding ortho intramolecular Hbond substituents is 1. The second-order valence-electron chi connectivity index (χ2n) is 7.17. The first-order chi connectivity index (χ1) is 12.8. The molecule has 0 spiro atoms. The Balaban J connectivity index is 2.51. The molecule has 8 heteroatoms. The van der Waals surface area contributed by atoms with E-state index in [2.05, 4.69) is 0 Å². The molecule has 0 heterocycles. The summed E-state index contributed by atoms with van der Waals surface area (Å²) in [6, 6.07) is 8.95. The van der Waals surface area contributed by atoms with Crippen molar-refractivity contribution < 1.29 is 26.7 Å². The predicted molar refractivity (Wildman–Crippen MR) is 99.0 cm³/mol. The molecular weight excluding hydrogens is 391 g/mol. The van der Waals surface area contributed by atoms with Crippen molar-refractivity contribution >= 4 is 15.9 Å². The summed E-state index contributed by atoms with van der Waals surface area (Å²) in [7, 11) is -4.30. The van der Waals surface area contributed by atoms with E-state index < -0.39 is 36.8 Å². The summed E-state index contributed by atoms with van der Waals surface area (Å²) in [4.78, 5) is -1.03. The Hall–Kier alpha value is -2.79. The van der Waals surface area contributed by atoms with E-state index in [1.54, 1.807) is 12.1 Å². The van der Waals surface area contributed by atoms with Gasteiger partial charge in [0.15, 0.2) is 0 Å². The summed E-state index contributed by atoms with van der Waals surface area (Å²) in [6.07, 6.45) is -3.47. The summed E-state index contributed by atoms with van der Waals surface area (Å²) < 4.78 is 63.3. The first kappa shape index (κ1) is 21.5. The van der Waals surface area contributed by atoms with Crippen LogP contribution in [0.4, 0.5) is 13.2 Å². The average Bonchev–Trinajstić information content (AvgIpc) is 2.59. The van der Waals surface area contributed by atoms with Gasteiger partial charge in [-0.1, -0.05) is 26.8 Å². The van der Waals surface area contributed by atoms with Crippen molar-refractivity contribution in [1.82, 2.24) is 0 Å². The number of phenols is 1. The molecule has 1 N–H and O–H groups in total. The number of benzene rings is 2. The Kier molecular flexibility index (Phi) is 5.62. The molecule has 0 fully saturated rings. The van der Waals surface area contributed by atoms with E-state index in [9.17, 15) is 32.0 Å². The lowest BCUT2D eigenvalue weighted by molar-refractivity contribution is -0.137. The third kappa shape index (κ3) is 4.54. The number of allylic oxidation sites excluding steroid dienone is 1. The van der Waals surface area contributed by atoms with E-state index in [1.165, 1.54) is 12.1 Å². The first-order valence-corrected chi connectivity index (χ1v) is 9.63. The molecule has 4 nitrogen and oxygen atoms in total. The molecule has 0 saturated carbocycles. The van der Waals surface area contributed by atoms with Crippen molar-refractivity contribution in [3.05, 3.63) is 64.1 Å². The molecule has 2 aromatic rings. The van der Waals surface area contributed by atoms with E-state index in [-0.39, 0.29) is 5.75 Å². The van der Waals surface area contributed by atoms with Gasteiger partial charge < -0.3 is 5.11 Å². The highest BCUT2D eigenvalue weighted by molar-refractivity contribution is 7.95. The smallest absolute Gasteiger partial charge is 0.416 e. The number of nitriles is 1. The minimum absolute atomic E-state index is 0.0359. The third-order valence-corrected chi connectivity index (χ3v) is 5.70. The van der Waals surface area contributed by atoms with Gasteiger partial charge in [-0.15, -0.1) is 0 Å². The van der Waals surface area contributed by atoms with Crippen LogP contribution in [0, 0.1) is 11.3 Å². The highest BCUT2D eigenvalue weighted by atomic mass is 32.2. The maximum absolute atomic E-state index is 12.7. The van der Waals surface area contributed by atoms with Crippen molar-refractivity contribution in [3.8, 4) is 11.8 Å². The molecule has 0 aliphatic rings. The second kappa shape index (κ2) is 7.32. The molecule has 0 unspecified atom stereocenters. The largest absolute Gasteiger partial charge is 0.508 e. The number of nitrogens with zero attached hydrogens (tertiary/aromatic N) is 1. The van der Waals surface area contributed by atoms with E-state index in [1.807, 2.05) is 20.8 Å². The van der Waals surface area contributed by atoms with Crippen LogP contribution in [0.3, 0.4) is 0 Å². The Morgan fingerprint density at radius 2 is 1.64 bits per heavy atom. The first-order valence-electron chi connectivity index (χ1n) is 8.14. The van der Waals surface area contributed by atoms with E-state index in [4.69, 9.17) is 0 Å². The molecule has 0 atom stereocenters. The fourth-order valence-corrected chi connectivity index (χ4v) is 3.68. The van der Waals surface area contributed by atoms with Gasteiger partial charge in [-0.2, -0.15) is 18.4 Å². The number of sulfone groups is 1. The Bertz CT molecular complexity index is 1060. The predicted octanol–water partition coefficient (Wildman–Crippen LogP) is 5.05. The molecule has 0 amide bonds. The number of rotatable bonds is 3. The molecule has 0 radical (unpaired) electrons. The Morgan fingerprint density at radius 1 is 1.07 bits per heavy atom. The highest BCUT2D eigenvalue weighted by Crippen LogP contribution is 2.33. The quantitative estimate of drug-likeness (QED) is 0.720. The van der Waals surface area contributed by atoms with Gasteiger partial charge in [-0.25, -0.2) is 8.42 Å². The second-order valence-corrected chi connectivity index (χ2v) is 9.09. The molecular formula is C20H18F3NO3S. The molecule has 0 saturated heterocycles. The van der Waals surface area contributed by atoms with Gasteiger partial charge in [0.25, 0.3) is 0 Å². The van der Waals surface area contributed by atoms with Crippen molar-refractivity contribution in [2.24, 2.45) is 0 Å². The molecule has 0 aromatic heterocycles. The van der Waals surface area contributed by atoms with Crippen molar-refractivity contribution in [2.75, 3.05) is 0 Å². The fraction of sp³-hybridized carbons (Fsp3) is 0.250. The van der Waals surface area contributed by atoms with Crippen molar-refractivity contribution in [1.29, 1.82) is 5.26 Å². The van der Waals surface area contributed by atoms with Gasteiger partial charge in [-0.3, -0.25) is 0 Å². The topological polar surface area (TPSA) is 78.2 Å². The molecule has 28 heavy (non-hydrogen) atoms. The van der Waals surface area contributed by atoms with Crippen LogP contribution in [0.5, 0.6) is 5.75 Å². The highest BCUT2D eigenvalue weighted by Gasteiger charge is 2.31. The van der Waals surface area contributed by atoms with Gasteiger partial charge in [0, 0.05) is 0 Å². The van der Waals surface area contributed by atoms with Crippen LogP contribution < -0.4 is 0 Å². The summed E-state index contributed by atoms with van der Waals surface area (Å²) in [5.41, 5.74) is -0.477. The zero-order chi connectivity index (χ0) is 21.3. The zero-order valence-corrected chi connectivity index (χ0v) is 16.2.